The molecule has 2 heterocycles. The Kier molecular flexibility index (Phi) is 6.57. The number of amides is 1. The summed E-state index contributed by atoms with van der Waals surface area (Å²) in [4.78, 5) is 12.5. The van der Waals surface area contributed by atoms with Crippen LogP contribution < -0.4 is 10.1 Å². The van der Waals surface area contributed by atoms with Gasteiger partial charge in [0.05, 0.1) is 16.0 Å². The van der Waals surface area contributed by atoms with Gasteiger partial charge >= 0.3 is 0 Å². The minimum Gasteiger partial charge on any atom is -0.484 e. The Bertz CT molecular complexity index is 1280. The van der Waals surface area contributed by atoms with Crippen molar-refractivity contribution in [1.82, 2.24) is 9.78 Å². The minimum absolute atomic E-state index is 0.000403. The van der Waals surface area contributed by atoms with Crippen LogP contribution in [0.4, 0.5) is 14.6 Å². The lowest BCUT2D eigenvalue weighted by atomic mass is 10.2. The number of nitrogens with one attached hydrogen (secondary N) is 1. The van der Waals surface area contributed by atoms with Gasteiger partial charge in [-0.25, -0.2) is 8.78 Å². The Hall–Kier alpha value is -3.17. The molecule has 32 heavy (non-hydrogen) atoms. The maximum absolute atomic E-state index is 13.9. The summed E-state index contributed by atoms with van der Waals surface area (Å²) in [6.45, 7) is 0.203. The van der Waals surface area contributed by atoms with Crippen molar-refractivity contribution in [2.45, 2.75) is 13.2 Å². The Balaban J connectivity index is 1.39. The van der Waals surface area contributed by atoms with Crippen LogP contribution in [-0.4, -0.2) is 15.7 Å². The van der Waals surface area contributed by atoms with E-state index in [9.17, 15) is 13.6 Å². The summed E-state index contributed by atoms with van der Waals surface area (Å²) in [5.74, 6) is -0.353. The van der Waals surface area contributed by atoms with Gasteiger partial charge in [-0.3, -0.25) is 9.48 Å². The van der Waals surface area contributed by atoms with Gasteiger partial charge < -0.3 is 14.5 Å². The van der Waals surface area contributed by atoms with E-state index >= 15 is 0 Å². The van der Waals surface area contributed by atoms with Crippen molar-refractivity contribution in [1.29, 1.82) is 0 Å². The third-order valence-electron chi connectivity index (χ3n) is 4.39. The van der Waals surface area contributed by atoms with Crippen LogP contribution >= 0.6 is 27.5 Å². The molecule has 0 atom stereocenters. The lowest BCUT2D eigenvalue weighted by molar-refractivity contribution is 0.0992. The van der Waals surface area contributed by atoms with Crippen molar-refractivity contribution in [2.24, 2.45) is 0 Å². The van der Waals surface area contributed by atoms with E-state index in [0.29, 0.717) is 21.5 Å². The first-order valence-electron chi connectivity index (χ1n) is 9.33. The molecule has 0 spiro atoms. The van der Waals surface area contributed by atoms with Gasteiger partial charge in [-0.05, 0) is 52.3 Å². The number of rotatable bonds is 7. The average Bonchev–Trinajstić information content (AvgIpc) is 3.36. The molecule has 0 aliphatic heterocycles. The summed E-state index contributed by atoms with van der Waals surface area (Å²) < 4.78 is 40.0. The van der Waals surface area contributed by atoms with E-state index in [-0.39, 0.29) is 35.6 Å². The fraction of sp³-hybridized carbons (Fsp3) is 0.0909. The largest absolute Gasteiger partial charge is 0.484 e. The number of benzene rings is 2. The van der Waals surface area contributed by atoms with Crippen molar-refractivity contribution >= 4 is 39.3 Å². The summed E-state index contributed by atoms with van der Waals surface area (Å²) >= 11 is 9.26. The summed E-state index contributed by atoms with van der Waals surface area (Å²) in [6.07, 6.45) is 1.63. The first-order chi connectivity index (χ1) is 15.4. The smallest absolute Gasteiger partial charge is 0.292 e. The number of carbonyl (C=O) groups excluding carboxylic acids is 1. The zero-order chi connectivity index (χ0) is 22.7. The van der Waals surface area contributed by atoms with E-state index in [1.165, 1.54) is 28.9 Å². The summed E-state index contributed by atoms with van der Waals surface area (Å²) in [5.41, 5.74) is 0.470. The van der Waals surface area contributed by atoms with Crippen LogP contribution in [0.3, 0.4) is 0 Å². The molecule has 4 aromatic rings. The maximum Gasteiger partial charge on any atom is 0.292 e. The highest BCUT2D eigenvalue weighted by atomic mass is 79.9. The van der Waals surface area contributed by atoms with Gasteiger partial charge in [0.1, 0.15) is 29.8 Å². The molecule has 10 heteroatoms. The van der Waals surface area contributed by atoms with E-state index < -0.39 is 11.7 Å². The predicted molar refractivity (Wildman–Crippen MR) is 118 cm³/mol. The van der Waals surface area contributed by atoms with Crippen molar-refractivity contribution in [3.8, 4) is 5.75 Å². The quantitative estimate of drug-likeness (QED) is 0.321. The maximum atomic E-state index is 13.9. The minimum atomic E-state index is -0.520. The molecule has 1 amide bonds. The van der Waals surface area contributed by atoms with E-state index in [0.717, 1.165) is 6.07 Å². The lowest BCUT2D eigenvalue weighted by Gasteiger charge is -2.06. The molecule has 0 radical (unpaired) electrons. The molecule has 2 aromatic carbocycles. The van der Waals surface area contributed by atoms with Crippen LogP contribution in [0.1, 0.15) is 21.9 Å². The van der Waals surface area contributed by atoms with Gasteiger partial charge in [0.2, 0.25) is 0 Å². The van der Waals surface area contributed by atoms with Crippen LogP contribution in [0, 0.1) is 11.6 Å². The molecular weight excluding hydrogens is 508 g/mol. The molecular formula is C22H15BrClF2N3O3. The summed E-state index contributed by atoms with van der Waals surface area (Å²) in [7, 11) is 0. The Morgan fingerprint density at radius 2 is 2.00 bits per heavy atom. The molecule has 0 saturated carbocycles. The van der Waals surface area contributed by atoms with Crippen LogP contribution in [0.2, 0.25) is 5.02 Å². The average molecular weight is 523 g/mol. The molecule has 0 saturated heterocycles. The fourth-order valence-corrected chi connectivity index (χ4v) is 3.49. The SMILES string of the molecule is O=C(Nc1nn(Cc2ccccc2F)cc1Br)c1ccc(COc2ccc(F)cc2Cl)o1. The van der Waals surface area contributed by atoms with Gasteiger partial charge in [0, 0.05) is 11.8 Å². The number of halogens is 4. The Morgan fingerprint density at radius 3 is 2.78 bits per heavy atom. The second kappa shape index (κ2) is 9.54. The van der Waals surface area contributed by atoms with Gasteiger partial charge in [0.25, 0.3) is 5.91 Å². The van der Waals surface area contributed by atoms with E-state index in [4.69, 9.17) is 20.8 Å². The second-order valence-electron chi connectivity index (χ2n) is 6.70. The highest BCUT2D eigenvalue weighted by molar-refractivity contribution is 9.10. The summed E-state index contributed by atoms with van der Waals surface area (Å²) in [5, 5.41) is 7.04. The van der Waals surface area contributed by atoms with Crippen LogP contribution in [0.15, 0.2) is 69.7 Å². The molecule has 0 aliphatic carbocycles. The van der Waals surface area contributed by atoms with Gasteiger partial charge in [-0.15, -0.1) is 0 Å². The van der Waals surface area contributed by atoms with Crippen LogP contribution in [0.25, 0.3) is 0 Å². The zero-order valence-electron chi connectivity index (χ0n) is 16.3. The highest BCUT2D eigenvalue weighted by Gasteiger charge is 2.16. The standard InChI is InChI=1S/C22H15BrClF2N3O3/c23-16-11-29(10-13-3-1-2-4-18(13)26)28-21(16)27-22(30)20-8-6-15(32-20)12-31-19-7-5-14(25)9-17(19)24/h1-9,11H,10,12H2,(H,27,28,30). The molecule has 2 aromatic heterocycles. The number of carbonyl (C=O) groups is 1. The van der Waals surface area contributed by atoms with Crippen molar-refractivity contribution in [3.05, 3.63) is 99.0 Å². The first kappa shape index (κ1) is 22.0. The molecule has 0 bridgehead atoms. The number of anilines is 1. The molecule has 164 valence electrons. The van der Waals surface area contributed by atoms with Gasteiger partial charge in [-0.2, -0.15) is 5.10 Å². The van der Waals surface area contributed by atoms with E-state index in [1.54, 1.807) is 30.5 Å². The second-order valence-corrected chi connectivity index (χ2v) is 7.96. The molecule has 6 nitrogen and oxygen atoms in total. The normalized spacial score (nSPS) is 10.9. The van der Waals surface area contributed by atoms with Crippen molar-refractivity contribution < 1.29 is 22.7 Å². The number of nitrogens with zero attached hydrogens (tertiary/aromatic N) is 2. The van der Waals surface area contributed by atoms with E-state index in [1.807, 2.05) is 0 Å². The third kappa shape index (κ3) is 5.17. The summed E-state index contributed by atoms with van der Waals surface area (Å²) in [6, 6.07) is 13.2. The number of ether oxygens (including phenoxy) is 1. The lowest BCUT2D eigenvalue weighted by Crippen LogP contribution is -2.12. The molecule has 1 N–H and O–H groups in total. The van der Waals surface area contributed by atoms with Crippen molar-refractivity contribution in [2.75, 3.05) is 5.32 Å². The van der Waals surface area contributed by atoms with Crippen molar-refractivity contribution in [3.63, 3.8) is 0 Å². The predicted octanol–water partition coefficient (Wildman–Crippen LogP) is 6.05. The van der Waals surface area contributed by atoms with Gasteiger partial charge in [-0.1, -0.05) is 29.8 Å². The topological polar surface area (TPSA) is 69.3 Å². The number of hydrogen-bond donors (Lipinski definition) is 1. The molecule has 0 unspecified atom stereocenters. The van der Waals surface area contributed by atoms with Crippen LogP contribution in [0.5, 0.6) is 5.75 Å². The molecule has 4 rings (SSSR count). The molecule has 0 fully saturated rings. The third-order valence-corrected chi connectivity index (χ3v) is 5.26. The van der Waals surface area contributed by atoms with Crippen LogP contribution in [-0.2, 0) is 13.2 Å². The van der Waals surface area contributed by atoms with E-state index in [2.05, 4.69) is 26.3 Å². The highest BCUT2D eigenvalue weighted by Crippen LogP contribution is 2.26. The monoisotopic (exact) mass is 521 g/mol. The van der Waals surface area contributed by atoms with Gasteiger partial charge in [0.15, 0.2) is 11.6 Å². The fourth-order valence-electron chi connectivity index (χ4n) is 2.85. The number of aromatic nitrogens is 2. The first-order valence-corrected chi connectivity index (χ1v) is 10.5. The molecule has 0 aliphatic rings. The zero-order valence-corrected chi connectivity index (χ0v) is 18.7. The Labute approximate surface area is 194 Å². The number of furan rings is 1. The Morgan fingerprint density at radius 1 is 1.19 bits per heavy atom. The number of hydrogen-bond acceptors (Lipinski definition) is 4.